The van der Waals surface area contributed by atoms with E-state index in [1.54, 1.807) is 25.8 Å². The summed E-state index contributed by atoms with van der Waals surface area (Å²) in [5.74, 6) is 0.688. The van der Waals surface area contributed by atoms with E-state index in [-0.39, 0.29) is 23.5 Å². The lowest BCUT2D eigenvalue weighted by Crippen LogP contribution is -2.31. The number of hydrogen-bond donors (Lipinski definition) is 0. The molecule has 1 amide bonds. The second-order valence-corrected chi connectivity index (χ2v) is 9.91. The molecular weight excluding hydrogens is 462 g/mol. The van der Waals surface area contributed by atoms with Gasteiger partial charge in [0.1, 0.15) is 0 Å². The molecule has 0 atom stereocenters. The van der Waals surface area contributed by atoms with E-state index in [2.05, 4.69) is 18.2 Å². The standard InChI is InChI=1S/C23H25N3O5S2/c1-6-12-26(13-7-2)33(28,29)17-10-8-16(9-11-17)22(27)24-23-25(3)18-14-19(30-4)20(31-5)15-21(18)32-23/h6-11,14-15H,1-2,12-13H2,3-5H3. The van der Waals surface area contributed by atoms with E-state index in [0.717, 1.165) is 10.2 Å². The van der Waals surface area contributed by atoms with Gasteiger partial charge in [0.2, 0.25) is 10.0 Å². The van der Waals surface area contributed by atoms with Crippen LogP contribution in [0.15, 0.2) is 71.6 Å². The van der Waals surface area contributed by atoms with Gasteiger partial charge in [0.05, 0.1) is 29.3 Å². The Morgan fingerprint density at radius 2 is 1.67 bits per heavy atom. The molecule has 8 nitrogen and oxygen atoms in total. The van der Waals surface area contributed by atoms with Crippen LogP contribution in [0.2, 0.25) is 0 Å². The van der Waals surface area contributed by atoms with Crippen molar-refractivity contribution in [2.45, 2.75) is 4.90 Å². The molecule has 0 unspecified atom stereocenters. The summed E-state index contributed by atoms with van der Waals surface area (Å²) in [5, 5.41) is 0. The minimum Gasteiger partial charge on any atom is -0.493 e. The monoisotopic (exact) mass is 487 g/mol. The molecule has 0 saturated heterocycles. The second kappa shape index (κ2) is 10.2. The van der Waals surface area contributed by atoms with Crippen LogP contribution >= 0.6 is 11.3 Å². The van der Waals surface area contributed by atoms with Gasteiger partial charge in [-0.25, -0.2) is 8.42 Å². The fourth-order valence-electron chi connectivity index (χ4n) is 3.19. The van der Waals surface area contributed by atoms with Gasteiger partial charge in [0.15, 0.2) is 16.3 Å². The Balaban J connectivity index is 1.95. The Morgan fingerprint density at radius 3 is 2.21 bits per heavy atom. The summed E-state index contributed by atoms with van der Waals surface area (Å²) in [7, 11) is 1.18. The maximum Gasteiger partial charge on any atom is 0.279 e. The SMILES string of the molecule is C=CCN(CC=C)S(=O)(=O)c1ccc(C(=O)N=c2sc3cc(OC)c(OC)cc3n2C)cc1. The molecule has 3 rings (SSSR count). The molecule has 0 aliphatic rings. The third-order valence-electron chi connectivity index (χ3n) is 4.92. The van der Waals surface area contributed by atoms with E-state index in [0.29, 0.717) is 16.3 Å². The first-order chi connectivity index (χ1) is 15.8. The normalized spacial score (nSPS) is 12.2. The highest BCUT2D eigenvalue weighted by atomic mass is 32.2. The Bertz CT molecular complexity index is 1360. The number of nitrogens with zero attached hydrogens (tertiary/aromatic N) is 3. The average molecular weight is 488 g/mol. The third-order valence-corrected chi connectivity index (χ3v) is 7.86. The van der Waals surface area contributed by atoms with E-state index in [1.807, 2.05) is 12.1 Å². The van der Waals surface area contributed by atoms with Crippen molar-refractivity contribution < 1.29 is 22.7 Å². The van der Waals surface area contributed by atoms with Crippen molar-refractivity contribution in [1.82, 2.24) is 8.87 Å². The number of sulfonamides is 1. The maximum absolute atomic E-state index is 12.8. The van der Waals surface area contributed by atoms with Crippen LogP contribution in [-0.2, 0) is 17.1 Å². The fourth-order valence-corrected chi connectivity index (χ4v) is 5.60. The largest absolute Gasteiger partial charge is 0.493 e. The summed E-state index contributed by atoms with van der Waals surface area (Å²) in [4.78, 5) is 17.6. The molecule has 2 aromatic carbocycles. The number of thiazole rings is 1. The van der Waals surface area contributed by atoms with E-state index >= 15 is 0 Å². The molecule has 0 saturated carbocycles. The van der Waals surface area contributed by atoms with Gasteiger partial charge in [0, 0.05) is 37.8 Å². The summed E-state index contributed by atoms with van der Waals surface area (Å²) in [6.07, 6.45) is 3.02. The number of rotatable bonds is 9. The molecule has 0 aliphatic heterocycles. The molecular formula is C23H25N3O5S2. The predicted molar refractivity (Wildman–Crippen MR) is 129 cm³/mol. The molecule has 0 aliphatic carbocycles. The van der Waals surface area contributed by atoms with Crippen molar-refractivity contribution in [2.24, 2.45) is 12.0 Å². The molecule has 33 heavy (non-hydrogen) atoms. The predicted octanol–water partition coefficient (Wildman–Crippen LogP) is 3.36. The van der Waals surface area contributed by atoms with Crippen LogP contribution in [-0.4, -0.2) is 50.5 Å². The lowest BCUT2D eigenvalue weighted by molar-refractivity contribution is 0.0998. The summed E-state index contributed by atoms with van der Waals surface area (Å²) in [6.45, 7) is 7.50. The average Bonchev–Trinajstić information content (AvgIpc) is 3.12. The van der Waals surface area contributed by atoms with Crippen molar-refractivity contribution >= 4 is 37.5 Å². The molecule has 0 bridgehead atoms. The Kier molecular flexibility index (Phi) is 7.52. The molecule has 3 aromatic rings. The highest BCUT2D eigenvalue weighted by Gasteiger charge is 2.22. The zero-order valence-electron chi connectivity index (χ0n) is 18.6. The van der Waals surface area contributed by atoms with Crippen molar-refractivity contribution in [3.8, 4) is 11.5 Å². The number of aromatic nitrogens is 1. The van der Waals surface area contributed by atoms with Crippen LogP contribution in [0.1, 0.15) is 10.4 Å². The summed E-state index contributed by atoms with van der Waals surface area (Å²) in [5.41, 5.74) is 1.12. The molecule has 0 spiro atoms. The van der Waals surface area contributed by atoms with E-state index in [1.165, 1.54) is 52.1 Å². The Morgan fingerprint density at radius 1 is 1.09 bits per heavy atom. The molecule has 10 heteroatoms. The molecule has 1 aromatic heterocycles. The van der Waals surface area contributed by atoms with Crippen LogP contribution in [0.25, 0.3) is 10.2 Å². The van der Waals surface area contributed by atoms with Gasteiger partial charge in [-0.15, -0.1) is 13.2 Å². The molecule has 1 heterocycles. The minimum atomic E-state index is -3.74. The first-order valence-electron chi connectivity index (χ1n) is 9.89. The molecule has 0 radical (unpaired) electrons. The summed E-state index contributed by atoms with van der Waals surface area (Å²) in [6, 6.07) is 9.37. The van der Waals surface area contributed by atoms with Gasteiger partial charge in [-0.1, -0.05) is 23.5 Å². The molecule has 174 valence electrons. The Labute approximate surface area is 196 Å². The van der Waals surface area contributed by atoms with E-state index in [9.17, 15) is 13.2 Å². The Hall–Kier alpha value is -3.21. The smallest absolute Gasteiger partial charge is 0.279 e. The summed E-state index contributed by atoms with van der Waals surface area (Å²) >= 11 is 1.34. The van der Waals surface area contributed by atoms with E-state index < -0.39 is 15.9 Å². The lowest BCUT2D eigenvalue weighted by atomic mass is 10.2. The van der Waals surface area contributed by atoms with Gasteiger partial charge in [-0.2, -0.15) is 9.30 Å². The van der Waals surface area contributed by atoms with Crippen molar-refractivity contribution in [3.63, 3.8) is 0 Å². The van der Waals surface area contributed by atoms with Crippen molar-refractivity contribution in [1.29, 1.82) is 0 Å². The number of methoxy groups -OCH3 is 2. The lowest BCUT2D eigenvalue weighted by Gasteiger charge is -2.19. The van der Waals surface area contributed by atoms with E-state index in [4.69, 9.17) is 9.47 Å². The van der Waals surface area contributed by atoms with Gasteiger partial charge >= 0.3 is 0 Å². The molecule has 0 N–H and O–H groups in total. The third kappa shape index (κ3) is 4.92. The number of fused-ring (bicyclic) bond motifs is 1. The number of hydrogen-bond acceptors (Lipinski definition) is 6. The number of carbonyl (C=O) groups is 1. The topological polar surface area (TPSA) is 90.2 Å². The zero-order valence-corrected chi connectivity index (χ0v) is 20.3. The number of ether oxygens (including phenoxy) is 2. The minimum absolute atomic E-state index is 0.0781. The van der Waals surface area contributed by atoms with Gasteiger partial charge in [-0.3, -0.25) is 4.79 Å². The van der Waals surface area contributed by atoms with Gasteiger partial charge in [0.25, 0.3) is 5.91 Å². The van der Waals surface area contributed by atoms with Crippen LogP contribution in [0, 0.1) is 0 Å². The number of aryl methyl sites for hydroxylation is 1. The highest BCUT2D eigenvalue weighted by molar-refractivity contribution is 7.89. The fraction of sp³-hybridized carbons (Fsp3) is 0.217. The zero-order chi connectivity index (χ0) is 24.2. The van der Waals surface area contributed by atoms with Crippen LogP contribution < -0.4 is 14.3 Å². The van der Waals surface area contributed by atoms with Crippen LogP contribution in [0.4, 0.5) is 0 Å². The first kappa shape index (κ1) is 24.4. The number of carbonyl (C=O) groups excluding carboxylic acids is 1. The highest BCUT2D eigenvalue weighted by Crippen LogP contribution is 2.33. The van der Waals surface area contributed by atoms with Crippen molar-refractivity contribution in [3.05, 3.63) is 72.1 Å². The van der Waals surface area contributed by atoms with Crippen molar-refractivity contribution in [2.75, 3.05) is 27.3 Å². The maximum atomic E-state index is 12.8. The molecule has 0 fully saturated rings. The van der Waals surface area contributed by atoms with Crippen LogP contribution in [0.3, 0.4) is 0 Å². The van der Waals surface area contributed by atoms with Gasteiger partial charge in [-0.05, 0) is 24.3 Å². The van der Waals surface area contributed by atoms with Gasteiger partial charge < -0.3 is 14.0 Å². The number of benzene rings is 2. The summed E-state index contributed by atoms with van der Waals surface area (Å²) < 4.78 is 40.3. The first-order valence-corrected chi connectivity index (χ1v) is 12.1. The number of amides is 1. The van der Waals surface area contributed by atoms with Crippen LogP contribution in [0.5, 0.6) is 11.5 Å². The quantitative estimate of drug-likeness (QED) is 0.432. The second-order valence-electron chi connectivity index (χ2n) is 6.96.